The van der Waals surface area contributed by atoms with E-state index >= 15 is 0 Å². The molecule has 1 saturated heterocycles. The van der Waals surface area contributed by atoms with Gasteiger partial charge in [0.1, 0.15) is 13.2 Å². The van der Waals surface area contributed by atoms with E-state index in [1.54, 1.807) is 12.4 Å². The van der Waals surface area contributed by atoms with Gasteiger partial charge in [-0.3, -0.25) is 9.69 Å². The van der Waals surface area contributed by atoms with Crippen LogP contribution in [0.3, 0.4) is 0 Å². The molecule has 32 heavy (non-hydrogen) atoms. The summed E-state index contributed by atoms with van der Waals surface area (Å²) < 4.78 is 11.4. The number of hydrogen-bond acceptors (Lipinski definition) is 7. The van der Waals surface area contributed by atoms with Gasteiger partial charge in [0, 0.05) is 51.7 Å². The van der Waals surface area contributed by atoms with E-state index in [1.807, 2.05) is 24.3 Å². The van der Waals surface area contributed by atoms with Crippen molar-refractivity contribution in [1.29, 1.82) is 0 Å². The molecule has 1 aromatic carbocycles. The van der Waals surface area contributed by atoms with Gasteiger partial charge in [-0.2, -0.15) is 0 Å². The third-order valence-electron chi connectivity index (χ3n) is 6.91. The smallest absolute Gasteiger partial charge is 0.230 e. The zero-order valence-electron chi connectivity index (χ0n) is 18.5. The first-order chi connectivity index (χ1) is 15.7. The van der Waals surface area contributed by atoms with E-state index in [1.165, 1.54) is 0 Å². The molecule has 0 spiro atoms. The summed E-state index contributed by atoms with van der Waals surface area (Å²) in [5, 5.41) is 3.24. The second-order valence-electron chi connectivity index (χ2n) is 8.78. The average Bonchev–Trinajstić information content (AvgIpc) is 3.36. The molecule has 0 radical (unpaired) electrons. The van der Waals surface area contributed by atoms with Gasteiger partial charge in [0.25, 0.3) is 0 Å². The van der Waals surface area contributed by atoms with Crippen LogP contribution in [0.2, 0.25) is 0 Å². The van der Waals surface area contributed by atoms with E-state index < -0.39 is 5.41 Å². The van der Waals surface area contributed by atoms with Crippen molar-refractivity contribution in [1.82, 2.24) is 20.2 Å². The Kier molecular flexibility index (Phi) is 6.12. The number of aromatic nitrogens is 2. The highest BCUT2D eigenvalue weighted by Crippen LogP contribution is 2.44. The van der Waals surface area contributed by atoms with Crippen LogP contribution in [0.4, 0.5) is 5.95 Å². The predicted molar refractivity (Wildman–Crippen MR) is 121 cm³/mol. The van der Waals surface area contributed by atoms with Crippen molar-refractivity contribution >= 4 is 11.9 Å². The summed E-state index contributed by atoms with van der Waals surface area (Å²) in [5.41, 5.74) is 0.590. The Morgan fingerprint density at radius 3 is 2.47 bits per heavy atom. The number of nitrogens with one attached hydrogen (secondary N) is 1. The summed E-state index contributed by atoms with van der Waals surface area (Å²) in [6, 6.07) is 7.85. The Hall–Kier alpha value is -2.87. The van der Waals surface area contributed by atoms with Gasteiger partial charge >= 0.3 is 0 Å². The van der Waals surface area contributed by atoms with Crippen molar-refractivity contribution in [3.8, 4) is 11.5 Å². The fourth-order valence-corrected chi connectivity index (χ4v) is 5.09. The van der Waals surface area contributed by atoms with E-state index in [-0.39, 0.29) is 5.91 Å². The molecule has 1 aromatic heterocycles. The van der Waals surface area contributed by atoms with Gasteiger partial charge in [0.05, 0.1) is 5.41 Å². The molecular weight excluding hydrogens is 406 g/mol. The first kappa shape index (κ1) is 21.0. The van der Waals surface area contributed by atoms with Crippen LogP contribution >= 0.6 is 0 Å². The second kappa shape index (κ2) is 9.32. The summed E-state index contributed by atoms with van der Waals surface area (Å²) in [6.45, 7) is 6.34. The van der Waals surface area contributed by atoms with Gasteiger partial charge < -0.3 is 19.7 Å². The molecule has 2 aromatic rings. The van der Waals surface area contributed by atoms with Gasteiger partial charge in [0.15, 0.2) is 11.5 Å². The summed E-state index contributed by atoms with van der Waals surface area (Å²) in [6.07, 6.45) is 7.48. The second-order valence-corrected chi connectivity index (χ2v) is 8.78. The third kappa shape index (κ3) is 4.24. The van der Waals surface area contributed by atoms with E-state index in [9.17, 15) is 4.79 Å². The molecule has 0 atom stereocenters. The number of carbonyl (C=O) groups is 1. The number of benzene rings is 1. The van der Waals surface area contributed by atoms with Crippen molar-refractivity contribution in [2.24, 2.45) is 0 Å². The molecule has 2 aliphatic heterocycles. The van der Waals surface area contributed by atoms with Crippen LogP contribution in [-0.4, -0.2) is 73.3 Å². The van der Waals surface area contributed by atoms with Crippen LogP contribution in [0.25, 0.3) is 0 Å². The molecule has 1 N–H and O–H groups in total. The molecule has 0 bridgehead atoms. The summed E-state index contributed by atoms with van der Waals surface area (Å²) >= 11 is 0. The molecule has 3 heterocycles. The van der Waals surface area contributed by atoms with E-state index in [4.69, 9.17) is 9.47 Å². The topological polar surface area (TPSA) is 79.8 Å². The number of amides is 1. The lowest BCUT2D eigenvalue weighted by molar-refractivity contribution is -0.126. The Balaban J connectivity index is 1.16. The zero-order chi connectivity index (χ0) is 21.8. The van der Waals surface area contributed by atoms with Gasteiger partial charge in [-0.25, -0.2) is 9.97 Å². The quantitative estimate of drug-likeness (QED) is 0.740. The highest BCUT2D eigenvalue weighted by molar-refractivity contribution is 5.88. The highest BCUT2D eigenvalue weighted by Gasteiger charge is 2.43. The standard InChI is InChI=1S/C24H31N5O3/c30-22(25-10-11-28-12-14-29(15-13-28)23-26-8-3-9-27-23)24(6-1-2-7-24)19-4-5-20-21(18-19)32-17-16-31-20/h3-5,8-9,18H,1-2,6-7,10-17H2,(H,25,30). The summed E-state index contributed by atoms with van der Waals surface area (Å²) in [5.74, 6) is 2.47. The molecule has 5 rings (SSSR count). The minimum absolute atomic E-state index is 0.142. The minimum Gasteiger partial charge on any atom is -0.486 e. The van der Waals surface area contributed by atoms with Crippen LogP contribution in [0, 0.1) is 0 Å². The Labute approximate surface area is 188 Å². The first-order valence-corrected chi connectivity index (χ1v) is 11.7. The number of piperazine rings is 1. The minimum atomic E-state index is -0.459. The third-order valence-corrected chi connectivity index (χ3v) is 6.91. The number of carbonyl (C=O) groups excluding carboxylic acids is 1. The van der Waals surface area contributed by atoms with Crippen molar-refractivity contribution in [2.45, 2.75) is 31.1 Å². The molecule has 170 valence electrons. The molecule has 2 fully saturated rings. The maximum Gasteiger partial charge on any atom is 0.230 e. The summed E-state index contributed by atoms with van der Waals surface area (Å²) in [7, 11) is 0. The fraction of sp³-hybridized carbons (Fsp3) is 0.542. The average molecular weight is 438 g/mol. The van der Waals surface area contributed by atoms with Crippen molar-refractivity contribution in [2.75, 3.05) is 57.4 Å². The van der Waals surface area contributed by atoms with Crippen molar-refractivity contribution in [3.63, 3.8) is 0 Å². The lowest BCUT2D eigenvalue weighted by Crippen LogP contribution is -2.50. The molecule has 1 aliphatic carbocycles. The Bertz CT molecular complexity index is 924. The highest BCUT2D eigenvalue weighted by atomic mass is 16.6. The van der Waals surface area contributed by atoms with Gasteiger partial charge in [-0.05, 0) is 36.6 Å². The van der Waals surface area contributed by atoms with Crippen LogP contribution in [0.15, 0.2) is 36.7 Å². The van der Waals surface area contributed by atoms with Gasteiger partial charge in [-0.15, -0.1) is 0 Å². The van der Waals surface area contributed by atoms with Crippen LogP contribution in [0.1, 0.15) is 31.2 Å². The first-order valence-electron chi connectivity index (χ1n) is 11.7. The van der Waals surface area contributed by atoms with Crippen molar-refractivity contribution in [3.05, 3.63) is 42.2 Å². The lowest BCUT2D eigenvalue weighted by Gasteiger charge is -2.35. The van der Waals surface area contributed by atoms with Crippen LogP contribution < -0.4 is 19.7 Å². The molecule has 1 saturated carbocycles. The summed E-state index contributed by atoms with van der Waals surface area (Å²) in [4.78, 5) is 26.7. The maximum atomic E-state index is 13.4. The van der Waals surface area contributed by atoms with Gasteiger partial charge in [-0.1, -0.05) is 18.9 Å². The SMILES string of the molecule is O=C(NCCN1CCN(c2ncccn2)CC1)C1(c2ccc3c(c2)OCCO3)CCCC1. The number of nitrogens with zero attached hydrogens (tertiary/aromatic N) is 4. The molecular formula is C24H31N5O3. The largest absolute Gasteiger partial charge is 0.486 e. The number of ether oxygens (including phenoxy) is 2. The normalized spacial score (nSPS) is 20.2. The van der Waals surface area contributed by atoms with Crippen molar-refractivity contribution < 1.29 is 14.3 Å². The number of rotatable bonds is 6. The number of fused-ring (bicyclic) bond motifs is 1. The lowest BCUT2D eigenvalue weighted by atomic mass is 9.77. The molecule has 3 aliphatic rings. The van der Waals surface area contributed by atoms with E-state index in [0.29, 0.717) is 19.8 Å². The Morgan fingerprint density at radius 1 is 1.00 bits per heavy atom. The number of hydrogen-bond donors (Lipinski definition) is 1. The zero-order valence-corrected chi connectivity index (χ0v) is 18.5. The molecule has 8 nitrogen and oxygen atoms in total. The van der Waals surface area contributed by atoms with E-state index in [0.717, 1.165) is 81.4 Å². The molecule has 8 heteroatoms. The Morgan fingerprint density at radius 2 is 1.72 bits per heavy atom. The monoisotopic (exact) mass is 437 g/mol. The predicted octanol–water partition coefficient (Wildman–Crippen LogP) is 2.00. The van der Waals surface area contributed by atoms with Crippen LogP contribution in [-0.2, 0) is 10.2 Å². The van der Waals surface area contributed by atoms with Gasteiger partial charge in [0.2, 0.25) is 11.9 Å². The maximum absolute atomic E-state index is 13.4. The number of anilines is 1. The van der Waals surface area contributed by atoms with Crippen LogP contribution in [0.5, 0.6) is 11.5 Å². The molecule has 0 unspecified atom stereocenters. The fourth-order valence-electron chi connectivity index (χ4n) is 5.09. The molecule has 1 amide bonds. The van der Waals surface area contributed by atoms with E-state index in [2.05, 4.69) is 25.1 Å².